The molecule has 0 saturated carbocycles. The standard InChI is InChI=1S/C9H16N2O4/c1-9(2,3)15-8(14)10-11-5-4-6(11)7(12)13/h6H,4-5H2,1-3H3,(H,10,14)(H,12,13). The van der Waals surface area contributed by atoms with Crippen LogP contribution in [0.4, 0.5) is 4.79 Å². The first-order valence-electron chi connectivity index (χ1n) is 4.79. The van der Waals surface area contributed by atoms with Crippen LogP contribution in [0.15, 0.2) is 0 Å². The molecule has 0 bridgehead atoms. The fourth-order valence-corrected chi connectivity index (χ4v) is 1.20. The van der Waals surface area contributed by atoms with Gasteiger partial charge in [0.1, 0.15) is 11.6 Å². The number of amides is 1. The zero-order valence-corrected chi connectivity index (χ0v) is 9.11. The van der Waals surface area contributed by atoms with Crippen molar-refractivity contribution >= 4 is 12.1 Å². The van der Waals surface area contributed by atoms with Crippen molar-refractivity contribution in [3.63, 3.8) is 0 Å². The van der Waals surface area contributed by atoms with Crippen molar-refractivity contribution in [3.8, 4) is 0 Å². The third-order valence-electron chi connectivity index (χ3n) is 1.94. The average Bonchev–Trinajstić information content (AvgIpc) is 1.93. The second-order valence-corrected chi connectivity index (χ2v) is 4.45. The van der Waals surface area contributed by atoms with E-state index in [-0.39, 0.29) is 0 Å². The molecule has 1 unspecified atom stereocenters. The topological polar surface area (TPSA) is 78.9 Å². The Labute approximate surface area is 88.2 Å². The highest BCUT2D eigenvalue weighted by Crippen LogP contribution is 2.15. The lowest BCUT2D eigenvalue weighted by molar-refractivity contribution is -0.150. The maximum atomic E-state index is 11.3. The summed E-state index contributed by atoms with van der Waals surface area (Å²) in [7, 11) is 0. The molecule has 1 aliphatic heterocycles. The summed E-state index contributed by atoms with van der Waals surface area (Å²) >= 11 is 0. The molecule has 15 heavy (non-hydrogen) atoms. The number of aliphatic carboxylic acids is 1. The Morgan fingerprint density at radius 3 is 2.40 bits per heavy atom. The molecule has 0 radical (unpaired) electrons. The highest BCUT2D eigenvalue weighted by Gasteiger charge is 2.36. The fraction of sp³-hybridized carbons (Fsp3) is 0.778. The smallest absolute Gasteiger partial charge is 0.422 e. The summed E-state index contributed by atoms with van der Waals surface area (Å²) in [5.74, 6) is -0.933. The Morgan fingerprint density at radius 2 is 2.07 bits per heavy atom. The van der Waals surface area contributed by atoms with E-state index in [1.54, 1.807) is 20.8 Å². The van der Waals surface area contributed by atoms with Crippen LogP contribution in [-0.2, 0) is 9.53 Å². The molecule has 6 nitrogen and oxygen atoms in total. The fourth-order valence-electron chi connectivity index (χ4n) is 1.20. The van der Waals surface area contributed by atoms with E-state index in [9.17, 15) is 9.59 Å². The van der Waals surface area contributed by atoms with Gasteiger partial charge in [-0.25, -0.2) is 9.80 Å². The number of nitrogens with one attached hydrogen (secondary N) is 1. The lowest BCUT2D eigenvalue weighted by Gasteiger charge is -2.37. The highest BCUT2D eigenvalue weighted by molar-refractivity contribution is 5.75. The molecule has 0 aromatic carbocycles. The van der Waals surface area contributed by atoms with Crippen LogP contribution in [-0.4, -0.2) is 40.4 Å². The summed E-state index contributed by atoms with van der Waals surface area (Å²) < 4.78 is 4.99. The number of ether oxygens (including phenoxy) is 1. The first-order chi connectivity index (χ1) is 6.79. The number of hydrogen-bond acceptors (Lipinski definition) is 4. The number of carboxylic acid groups (broad SMARTS) is 1. The monoisotopic (exact) mass is 216 g/mol. The summed E-state index contributed by atoms with van der Waals surface area (Å²) in [6.07, 6.45) is -0.0704. The van der Waals surface area contributed by atoms with E-state index in [2.05, 4.69) is 5.43 Å². The predicted molar refractivity (Wildman–Crippen MR) is 52.1 cm³/mol. The van der Waals surface area contributed by atoms with Gasteiger partial charge < -0.3 is 9.84 Å². The summed E-state index contributed by atoms with van der Waals surface area (Å²) in [6, 6.07) is -0.627. The van der Waals surface area contributed by atoms with Crippen LogP contribution in [0.5, 0.6) is 0 Å². The average molecular weight is 216 g/mol. The molecule has 0 spiro atoms. The van der Waals surface area contributed by atoms with E-state index in [4.69, 9.17) is 9.84 Å². The molecule has 1 fully saturated rings. The van der Waals surface area contributed by atoms with Crippen LogP contribution >= 0.6 is 0 Å². The zero-order valence-electron chi connectivity index (χ0n) is 9.11. The molecular formula is C9H16N2O4. The maximum Gasteiger partial charge on any atom is 0.422 e. The Hall–Kier alpha value is -1.30. The van der Waals surface area contributed by atoms with Crippen molar-refractivity contribution in [1.29, 1.82) is 0 Å². The van der Waals surface area contributed by atoms with Crippen LogP contribution < -0.4 is 5.43 Å². The van der Waals surface area contributed by atoms with Crippen LogP contribution in [0.3, 0.4) is 0 Å². The summed E-state index contributed by atoms with van der Waals surface area (Å²) in [5, 5.41) is 10.1. The van der Waals surface area contributed by atoms with Crippen molar-refractivity contribution in [1.82, 2.24) is 10.4 Å². The van der Waals surface area contributed by atoms with Gasteiger partial charge in [0.05, 0.1) is 0 Å². The first-order valence-corrected chi connectivity index (χ1v) is 4.79. The lowest BCUT2D eigenvalue weighted by atomic mass is 10.1. The van der Waals surface area contributed by atoms with E-state index in [1.165, 1.54) is 5.01 Å². The molecule has 1 amide bonds. The second-order valence-electron chi connectivity index (χ2n) is 4.45. The number of nitrogens with zero attached hydrogens (tertiary/aromatic N) is 1. The molecule has 1 atom stereocenters. The molecule has 0 aromatic rings. The quantitative estimate of drug-likeness (QED) is 0.706. The van der Waals surface area contributed by atoms with Gasteiger partial charge in [0.2, 0.25) is 0 Å². The maximum absolute atomic E-state index is 11.3. The number of carbonyl (C=O) groups is 2. The van der Waals surface area contributed by atoms with Crippen LogP contribution in [0.25, 0.3) is 0 Å². The van der Waals surface area contributed by atoms with Gasteiger partial charge >= 0.3 is 12.1 Å². The summed E-state index contributed by atoms with van der Waals surface area (Å²) in [4.78, 5) is 21.9. The normalized spacial score (nSPS) is 21.7. The van der Waals surface area contributed by atoms with Gasteiger partial charge in [0.25, 0.3) is 0 Å². The molecule has 86 valence electrons. The Kier molecular flexibility index (Phi) is 3.18. The van der Waals surface area contributed by atoms with Gasteiger partial charge in [0, 0.05) is 6.54 Å². The Bertz CT molecular complexity index is 272. The molecule has 0 aliphatic carbocycles. The van der Waals surface area contributed by atoms with Crippen molar-refractivity contribution < 1.29 is 19.4 Å². The van der Waals surface area contributed by atoms with E-state index >= 15 is 0 Å². The van der Waals surface area contributed by atoms with E-state index < -0.39 is 23.7 Å². The second kappa shape index (κ2) is 4.06. The number of carbonyl (C=O) groups excluding carboxylic acids is 1. The highest BCUT2D eigenvalue weighted by atomic mass is 16.6. The summed E-state index contributed by atoms with van der Waals surface area (Å²) in [6.45, 7) is 5.78. The number of rotatable bonds is 2. The molecule has 6 heteroatoms. The third-order valence-corrected chi connectivity index (χ3v) is 1.94. The minimum Gasteiger partial charge on any atom is -0.480 e. The Morgan fingerprint density at radius 1 is 1.47 bits per heavy atom. The van der Waals surface area contributed by atoms with Crippen molar-refractivity contribution in [2.45, 2.75) is 38.8 Å². The van der Waals surface area contributed by atoms with Gasteiger partial charge in [-0.3, -0.25) is 10.2 Å². The minimum atomic E-state index is -0.933. The molecule has 0 aromatic heterocycles. The molecule has 1 rings (SSSR count). The van der Waals surface area contributed by atoms with Gasteiger partial charge in [-0.1, -0.05) is 0 Å². The number of hydrazine groups is 1. The zero-order chi connectivity index (χ0) is 11.6. The molecule has 1 saturated heterocycles. The van der Waals surface area contributed by atoms with Crippen molar-refractivity contribution in [2.75, 3.05) is 6.54 Å². The van der Waals surface area contributed by atoms with Crippen LogP contribution in [0.2, 0.25) is 0 Å². The minimum absolute atomic E-state index is 0.538. The Balaban J connectivity index is 2.36. The first kappa shape index (κ1) is 11.8. The molecule has 1 aliphatic rings. The predicted octanol–water partition coefficient (Wildman–Crippen LogP) is 0.585. The third kappa shape index (κ3) is 3.39. The number of hydrogen-bond donors (Lipinski definition) is 2. The van der Waals surface area contributed by atoms with Crippen molar-refractivity contribution in [2.24, 2.45) is 0 Å². The van der Waals surface area contributed by atoms with Gasteiger partial charge in [-0.2, -0.15) is 0 Å². The largest absolute Gasteiger partial charge is 0.480 e. The van der Waals surface area contributed by atoms with E-state index in [0.717, 1.165) is 0 Å². The SMILES string of the molecule is CC(C)(C)OC(=O)NN1CCC1C(=O)O. The van der Waals surface area contributed by atoms with Gasteiger partial charge in [-0.05, 0) is 27.2 Å². The van der Waals surface area contributed by atoms with E-state index in [0.29, 0.717) is 13.0 Å². The van der Waals surface area contributed by atoms with Crippen LogP contribution in [0, 0.1) is 0 Å². The summed E-state index contributed by atoms with van der Waals surface area (Å²) in [5.41, 5.74) is 1.82. The van der Waals surface area contributed by atoms with Gasteiger partial charge in [0.15, 0.2) is 0 Å². The van der Waals surface area contributed by atoms with Gasteiger partial charge in [-0.15, -0.1) is 0 Å². The number of carboxylic acids is 1. The lowest BCUT2D eigenvalue weighted by Crippen LogP contribution is -2.60. The van der Waals surface area contributed by atoms with Crippen molar-refractivity contribution in [3.05, 3.63) is 0 Å². The molecular weight excluding hydrogens is 200 g/mol. The molecule has 2 N–H and O–H groups in total. The van der Waals surface area contributed by atoms with Crippen LogP contribution in [0.1, 0.15) is 27.2 Å². The molecule has 1 heterocycles. The van der Waals surface area contributed by atoms with E-state index in [1.807, 2.05) is 0 Å².